The maximum Gasteiger partial charge on any atom is 0.125 e. The number of aromatic nitrogens is 1. The summed E-state index contributed by atoms with van der Waals surface area (Å²) in [4.78, 5) is 0. The van der Waals surface area contributed by atoms with Gasteiger partial charge < -0.3 is 9.30 Å². The van der Waals surface area contributed by atoms with Crippen molar-refractivity contribution in [3.8, 4) is 0 Å². The maximum absolute atomic E-state index is 13.5. The minimum absolute atomic E-state index is 0.0581. The van der Waals surface area contributed by atoms with Crippen LogP contribution in [0.25, 0.3) is 10.9 Å². The molecule has 0 aliphatic carbocycles. The van der Waals surface area contributed by atoms with Gasteiger partial charge in [0.05, 0.1) is 5.52 Å². The molecule has 2 nitrogen and oxygen atoms in total. The number of aryl methyl sites for hydroxylation is 1. The molecule has 0 unspecified atom stereocenters. The van der Waals surface area contributed by atoms with Crippen molar-refractivity contribution in [1.29, 1.82) is 0 Å². The number of methoxy groups -OCH3 is 1. The lowest BCUT2D eigenvalue weighted by Crippen LogP contribution is -2.10. The lowest BCUT2D eigenvalue weighted by Gasteiger charge is -2.17. The Morgan fingerprint density at radius 1 is 1.26 bits per heavy atom. The van der Waals surface area contributed by atoms with Crippen molar-refractivity contribution in [2.24, 2.45) is 0 Å². The second-order valence-electron chi connectivity index (χ2n) is 5.99. The predicted octanol–water partition coefficient (Wildman–Crippen LogP) is 4.11. The minimum atomic E-state index is -0.181. The molecule has 0 fully saturated rings. The van der Waals surface area contributed by atoms with Gasteiger partial charge in [0.15, 0.2) is 0 Å². The van der Waals surface area contributed by atoms with Crippen LogP contribution < -0.4 is 0 Å². The van der Waals surface area contributed by atoms with E-state index in [1.165, 1.54) is 11.6 Å². The molecule has 0 amide bonds. The average molecular weight is 263 g/mol. The molecule has 0 spiro atoms. The van der Waals surface area contributed by atoms with Crippen molar-refractivity contribution in [3.63, 3.8) is 0 Å². The molecule has 0 saturated carbocycles. The molecule has 0 saturated heterocycles. The number of fused-ring (bicyclic) bond motifs is 1. The second-order valence-corrected chi connectivity index (χ2v) is 5.99. The summed E-state index contributed by atoms with van der Waals surface area (Å²) in [6, 6.07) is 5.05. The fourth-order valence-electron chi connectivity index (χ4n) is 2.43. The fraction of sp³-hybridized carbons (Fsp3) is 0.500. The number of ether oxygens (including phenoxy) is 1. The molecule has 0 radical (unpaired) electrons. The number of rotatable bonds is 4. The second kappa shape index (κ2) is 5.33. The Morgan fingerprint density at radius 2 is 2.00 bits per heavy atom. The van der Waals surface area contributed by atoms with Crippen LogP contribution in [0.1, 0.15) is 32.8 Å². The van der Waals surface area contributed by atoms with Crippen LogP contribution in [0.2, 0.25) is 0 Å². The maximum atomic E-state index is 13.5. The summed E-state index contributed by atoms with van der Waals surface area (Å²) in [5.74, 6) is -0.181. The molecule has 2 rings (SSSR count). The predicted molar refractivity (Wildman–Crippen MR) is 77.1 cm³/mol. The Labute approximate surface area is 114 Å². The molecule has 1 heterocycles. The molecule has 0 aliphatic heterocycles. The third kappa shape index (κ3) is 2.98. The van der Waals surface area contributed by atoms with Gasteiger partial charge in [-0.2, -0.15) is 0 Å². The zero-order valence-electron chi connectivity index (χ0n) is 12.2. The Hall–Kier alpha value is -1.35. The molecule has 0 N–H and O–H groups in total. The smallest absolute Gasteiger partial charge is 0.125 e. The molecule has 104 valence electrons. The van der Waals surface area contributed by atoms with Crippen LogP contribution in [0.4, 0.5) is 4.39 Å². The number of nitrogens with zero attached hydrogens (tertiary/aromatic N) is 1. The van der Waals surface area contributed by atoms with Crippen molar-refractivity contribution in [1.82, 2.24) is 4.57 Å². The highest BCUT2D eigenvalue weighted by Gasteiger charge is 2.20. The van der Waals surface area contributed by atoms with Crippen LogP contribution in [-0.2, 0) is 16.7 Å². The van der Waals surface area contributed by atoms with Gasteiger partial charge >= 0.3 is 0 Å². The molecule has 1 aromatic heterocycles. The van der Waals surface area contributed by atoms with E-state index in [2.05, 4.69) is 31.5 Å². The zero-order chi connectivity index (χ0) is 14.0. The topological polar surface area (TPSA) is 14.2 Å². The van der Waals surface area contributed by atoms with Gasteiger partial charge in [-0.15, -0.1) is 0 Å². The SMILES string of the molecule is COCCCn1cc(C(C)(C)C)c2ccc(F)cc21. The van der Waals surface area contributed by atoms with E-state index in [-0.39, 0.29) is 11.2 Å². The Morgan fingerprint density at radius 3 is 2.63 bits per heavy atom. The zero-order valence-corrected chi connectivity index (χ0v) is 12.2. The van der Waals surface area contributed by atoms with E-state index in [4.69, 9.17) is 4.74 Å². The fourth-order valence-corrected chi connectivity index (χ4v) is 2.43. The molecule has 3 heteroatoms. The van der Waals surface area contributed by atoms with E-state index in [9.17, 15) is 4.39 Å². The van der Waals surface area contributed by atoms with Crippen LogP contribution in [-0.4, -0.2) is 18.3 Å². The summed E-state index contributed by atoms with van der Waals surface area (Å²) in [6.07, 6.45) is 3.08. The van der Waals surface area contributed by atoms with E-state index in [1.54, 1.807) is 13.2 Å². The van der Waals surface area contributed by atoms with E-state index in [1.807, 2.05) is 6.07 Å². The van der Waals surface area contributed by atoms with Gasteiger partial charge in [-0.25, -0.2) is 4.39 Å². The summed E-state index contributed by atoms with van der Waals surface area (Å²) in [6.45, 7) is 8.13. The van der Waals surface area contributed by atoms with Crippen LogP contribution in [0.15, 0.2) is 24.4 Å². The van der Waals surface area contributed by atoms with Gasteiger partial charge in [0, 0.05) is 31.8 Å². The highest BCUT2D eigenvalue weighted by molar-refractivity contribution is 5.85. The van der Waals surface area contributed by atoms with Crippen LogP contribution in [0.3, 0.4) is 0 Å². The highest BCUT2D eigenvalue weighted by atomic mass is 19.1. The molecular formula is C16H22FNO. The first-order chi connectivity index (χ1) is 8.93. The number of halogens is 1. The molecule has 0 bridgehead atoms. The first-order valence-corrected chi connectivity index (χ1v) is 6.71. The van der Waals surface area contributed by atoms with Crippen LogP contribution >= 0.6 is 0 Å². The standard InChI is InChI=1S/C16H22FNO/c1-16(2,3)14-11-18(8-5-9-19-4)15-10-12(17)6-7-13(14)15/h6-7,10-11H,5,8-9H2,1-4H3. The minimum Gasteiger partial charge on any atom is -0.385 e. The van der Waals surface area contributed by atoms with Gasteiger partial charge in [-0.05, 0) is 35.6 Å². The van der Waals surface area contributed by atoms with Gasteiger partial charge in [-0.1, -0.05) is 20.8 Å². The largest absolute Gasteiger partial charge is 0.385 e. The molecule has 19 heavy (non-hydrogen) atoms. The summed E-state index contributed by atoms with van der Waals surface area (Å²) in [5.41, 5.74) is 2.30. The van der Waals surface area contributed by atoms with E-state index < -0.39 is 0 Å². The average Bonchev–Trinajstić information content (AvgIpc) is 2.68. The summed E-state index contributed by atoms with van der Waals surface area (Å²) in [5, 5.41) is 1.14. The molecular weight excluding hydrogens is 241 g/mol. The molecule has 1 aromatic carbocycles. The van der Waals surface area contributed by atoms with Gasteiger partial charge in [0.25, 0.3) is 0 Å². The van der Waals surface area contributed by atoms with Gasteiger partial charge in [-0.3, -0.25) is 0 Å². The molecule has 0 atom stereocenters. The number of benzene rings is 1. The number of hydrogen-bond donors (Lipinski definition) is 0. The normalized spacial score (nSPS) is 12.3. The molecule has 0 aliphatic rings. The summed E-state index contributed by atoms with van der Waals surface area (Å²) < 4.78 is 20.7. The van der Waals surface area contributed by atoms with Crippen molar-refractivity contribution < 1.29 is 9.13 Å². The Kier molecular flexibility index (Phi) is 3.95. The first kappa shape index (κ1) is 14.1. The quantitative estimate of drug-likeness (QED) is 0.757. The highest BCUT2D eigenvalue weighted by Crippen LogP contribution is 2.32. The van der Waals surface area contributed by atoms with Crippen molar-refractivity contribution >= 4 is 10.9 Å². The first-order valence-electron chi connectivity index (χ1n) is 6.71. The van der Waals surface area contributed by atoms with Gasteiger partial charge in [0.1, 0.15) is 5.82 Å². The Balaban J connectivity index is 2.48. The van der Waals surface area contributed by atoms with Crippen LogP contribution in [0.5, 0.6) is 0 Å². The summed E-state index contributed by atoms with van der Waals surface area (Å²) >= 11 is 0. The Bertz CT molecular complexity index is 566. The molecule has 2 aromatic rings. The van der Waals surface area contributed by atoms with Crippen molar-refractivity contribution in [3.05, 3.63) is 35.8 Å². The monoisotopic (exact) mass is 263 g/mol. The van der Waals surface area contributed by atoms with Crippen LogP contribution in [0, 0.1) is 5.82 Å². The van der Waals surface area contributed by atoms with E-state index in [0.29, 0.717) is 0 Å². The van der Waals surface area contributed by atoms with E-state index >= 15 is 0 Å². The van der Waals surface area contributed by atoms with E-state index in [0.717, 1.165) is 30.5 Å². The third-order valence-corrected chi connectivity index (χ3v) is 3.40. The van der Waals surface area contributed by atoms with Gasteiger partial charge in [0.2, 0.25) is 0 Å². The third-order valence-electron chi connectivity index (χ3n) is 3.40. The van der Waals surface area contributed by atoms with Crippen molar-refractivity contribution in [2.75, 3.05) is 13.7 Å². The van der Waals surface area contributed by atoms with Crippen molar-refractivity contribution in [2.45, 2.75) is 39.2 Å². The lowest BCUT2D eigenvalue weighted by molar-refractivity contribution is 0.190. The summed E-state index contributed by atoms with van der Waals surface area (Å²) in [7, 11) is 1.70. The number of hydrogen-bond acceptors (Lipinski definition) is 1. The lowest BCUT2D eigenvalue weighted by atomic mass is 9.87.